The Hall–Kier alpha value is -1.71. The fourth-order valence-corrected chi connectivity index (χ4v) is 2.35. The molecular weight excluding hydrogens is 252 g/mol. The smallest absolute Gasteiger partial charge is 0.338 e. The molecule has 0 aromatic heterocycles. The molecule has 0 bridgehead atoms. The maximum Gasteiger partial charge on any atom is 0.338 e. The van der Waals surface area contributed by atoms with Crippen molar-refractivity contribution >= 4 is 17.3 Å². The zero-order valence-corrected chi connectivity index (χ0v) is 12.4. The Morgan fingerprint density at radius 3 is 2.75 bits per heavy atom. The molecule has 1 aliphatic carbocycles. The molecule has 2 rings (SSSR count). The number of benzene rings is 1. The fraction of sp³-hybridized carbons (Fsp3) is 0.562. The lowest BCUT2D eigenvalue weighted by Gasteiger charge is -2.26. The summed E-state index contributed by atoms with van der Waals surface area (Å²) >= 11 is 0. The van der Waals surface area contributed by atoms with Gasteiger partial charge in [0, 0.05) is 13.1 Å². The van der Waals surface area contributed by atoms with Gasteiger partial charge in [-0.2, -0.15) is 0 Å². The van der Waals surface area contributed by atoms with Gasteiger partial charge >= 0.3 is 5.97 Å². The monoisotopic (exact) mass is 276 g/mol. The molecule has 0 saturated heterocycles. The van der Waals surface area contributed by atoms with Gasteiger partial charge in [0.25, 0.3) is 0 Å². The predicted molar refractivity (Wildman–Crippen MR) is 82.0 cm³/mol. The lowest BCUT2D eigenvalue weighted by molar-refractivity contribution is 0.0526. The van der Waals surface area contributed by atoms with Crippen molar-refractivity contribution in [2.45, 2.75) is 33.1 Å². The molecule has 1 saturated carbocycles. The minimum atomic E-state index is -0.281. The molecule has 0 atom stereocenters. The molecule has 4 heteroatoms. The van der Waals surface area contributed by atoms with Crippen LogP contribution in [0.25, 0.3) is 0 Å². The number of nitrogen functional groups attached to an aromatic ring is 1. The molecular formula is C16H24N2O2. The van der Waals surface area contributed by atoms with Crippen LogP contribution < -0.4 is 10.6 Å². The maximum absolute atomic E-state index is 11.8. The Kier molecular flexibility index (Phi) is 4.88. The Morgan fingerprint density at radius 2 is 2.15 bits per heavy atom. The van der Waals surface area contributed by atoms with Crippen LogP contribution in [0.3, 0.4) is 0 Å². The van der Waals surface area contributed by atoms with Crippen molar-refractivity contribution in [1.29, 1.82) is 0 Å². The highest BCUT2D eigenvalue weighted by Gasteiger charge is 2.25. The normalized spacial score (nSPS) is 14.1. The first-order chi connectivity index (χ1) is 9.65. The van der Waals surface area contributed by atoms with Crippen LogP contribution in [0.1, 0.15) is 43.5 Å². The minimum Gasteiger partial charge on any atom is -0.462 e. The molecule has 0 heterocycles. The fourth-order valence-electron chi connectivity index (χ4n) is 2.35. The van der Waals surface area contributed by atoms with Crippen molar-refractivity contribution in [3.8, 4) is 0 Å². The standard InChI is InChI=1S/C16H24N2O2/c1-3-9-18(11-12-5-6-12)15-10-13(7-8-14(15)17)16(19)20-4-2/h7-8,10,12H,3-6,9,11,17H2,1-2H3. The largest absolute Gasteiger partial charge is 0.462 e. The van der Waals surface area contributed by atoms with Gasteiger partial charge in [-0.05, 0) is 50.3 Å². The number of rotatable bonds is 7. The van der Waals surface area contributed by atoms with E-state index in [0.29, 0.717) is 12.2 Å². The first-order valence-electron chi connectivity index (χ1n) is 7.47. The number of nitrogens with zero attached hydrogens (tertiary/aromatic N) is 1. The average Bonchev–Trinajstić information content (AvgIpc) is 3.23. The summed E-state index contributed by atoms with van der Waals surface area (Å²) in [6.07, 6.45) is 3.67. The van der Waals surface area contributed by atoms with Crippen LogP contribution in [0.2, 0.25) is 0 Å². The van der Waals surface area contributed by atoms with Crippen molar-refractivity contribution < 1.29 is 9.53 Å². The van der Waals surface area contributed by atoms with E-state index < -0.39 is 0 Å². The number of ether oxygens (including phenoxy) is 1. The first-order valence-corrected chi connectivity index (χ1v) is 7.47. The van der Waals surface area contributed by atoms with E-state index >= 15 is 0 Å². The summed E-state index contributed by atoms with van der Waals surface area (Å²) < 4.78 is 5.06. The number of carbonyl (C=O) groups is 1. The molecule has 4 nitrogen and oxygen atoms in total. The molecule has 0 radical (unpaired) electrons. The van der Waals surface area contributed by atoms with Crippen LogP contribution >= 0.6 is 0 Å². The van der Waals surface area contributed by atoms with Gasteiger partial charge in [0.2, 0.25) is 0 Å². The van der Waals surface area contributed by atoms with Crippen LogP contribution in [0.15, 0.2) is 18.2 Å². The molecule has 1 aliphatic rings. The molecule has 2 N–H and O–H groups in total. The maximum atomic E-state index is 11.8. The quantitative estimate of drug-likeness (QED) is 0.614. The highest BCUT2D eigenvalue weighted by molar-refractivity contribution is 5.92. The van der Waals surface area contributed by atoms with E-state index in [1.807, 2.05) is 13.0 Å². The van der Waals surface area contributed by atoms with E-state index in [4.69, 9.17) is 10.5 Å². The molecule has 1 fully saturated rings. The lowest BCUT2D eigenvalue weighted by atomic mass is 10.1. The molecule has 110 valence electrons. The summed E-state index contributed by atoms with van der Waals surface area (Å²) in [4.78, 5) is 14.1. The summed E-state index contributed by atoms with van der Waals surface area (Å²) in [5.41, 5.74) is 8.37. The Labute approximate surface area is 120 Å². The molecule has 0 unspecified atom stereocenters. The highest BCUT2D eigenvalue weighted by Crippen LogP contribution is 2.33. The molecule has 0 amide bonds. The van der Waals surface area contributed by atoms with Gasteiger partial charge in [0.1, 0.15) is 0 Å². The van der Waals surface area contributed by atoms with Gasteiger partial charge in [0.15, 0.2) is 0 Å². The van der Waals surface area contributed by atoms with Gasteiger partial charge in [-0.25, -0.2) is 4.79 Å². The first kappa shape index (κ1) is 14.7. The number of hydrogen-bond acceptors (Lipinski definition) is 4. The van der Waals surface area contributed by atoms with Crippen molar-refractivity contribution in [2.24, 2.45) is 5.92 Å². The number of esters is 1. The SMILES string of the molecule is CCCN(CC1CC1)c1cc(C(=O)OCC)ccc1N. The molecule has 20 heavy (non-hydrogen) atoms. The topological polar surface area (TPSA) is 55.6 Å². The van der Waals surface area contributed by atoms with E-state index in [9.17, 15) is 4.79 Å². The van der Waals surface area contributed by atoms with E-state index in [1.54, 1.807) is 12.1 Å². The predicted octanol–water partition coefficient (Wildman–Crippen LogP) is 3.07. The van der Waals surface area contributed by atoms with Crippen LogP contribution in [0.4, 0.5) is 11.4 Å². The van der Waals surface area contributed by atoms with E-state index in [1.165, 1.54) is 12.8 Å². The second kappa shape index (κ2) is 6.64. The summed E-state index contributed by atoms with van der Waals surface area (Å²) in [7, 11) is 0. The third-order valence-corrected chi connectivity index (χ3v) is 3.55. The minimum absolute atomic E-state index is 0.281. The zero-order valence-electron chi connectivity index (χ0n) is 12.4. The summed E-state index contributed by atoms with van der Waals surface area (Å²) in [6.45, 7) is 6.36. The summed E-state index contributed by atoms with van der Waals surface area (Å²) in [5, 5.41) is 0. The number of nitrogens with two attached hydrogens (primary N) is 1. The second-order valence-corrected chi connectivity index (χ2v) is 5.38. The van der Waals surface area contributed by atoms with Crippen molar-refractivity contribution in [2.75, 3.05) is 30.3 Å². The number of carbonyl (C=O) groups excluding carboxylic acids is 1. The van der Waals surface area contributed by atoms with E-state index in [-0.39, 0.29) is 5.97 Å². The Morgan fingerprint density at radius 1 is 1.40 bits per heavy atom. The van der Waals surface area contributed by atoms with Gasteiger partial charge in [-0.1, -0.05) is 6.92 Å². The lowest BCUT2D eigenvalue weighted by Crippen LogP contribution is -2.27. The third-order valence-electron chi connectivity index (χ3n) is 3.55. The Balaban J connectivity index is 2.22. The molecule has 0 aliphatic heterocycles. The van der Waals surface area contributed by atoms with Gasteiger partial charge in [0.05, 0.1) is 23.5 Å². The van der Waals surface area contributed by atoms with E-state index in [0.717, 1.165) is 36.8 Å². The Bertz CT molecular complexity index is 470. The van der Waals surface area contributed by atoms with Gasteiger partial charge in [-0.15, -0.1) is 0 Å². The molecule has 1 aromatic carbocycles. The van der Waals surface area contributed by atoms with Crippen molar-refractivity contribution in [1.82, 2.24) is 0 Å². The summed E-state index contributed by atoms with van der Waals surface area (Å²) in [6, 6.07) is 5.40. The molecule has 0 spiro atoms. The average molecular weight is 276 g/mol. The van der Waals surface area contributed by atoms with Gasteiger partial charge < -0.3 is 15.4 Å². The van der Waals surface area contributed by atoms with Crippen LogP contribution in [0.5, 0.6) is 0 Å². The second-order valence-electron chi connectivity index (χ2n) is 5.38. The zero-order chi connectivity index (χ0) is 14.5. The van der Waals surface area contributed by atoms with Crippen LogP contribution in [0, 0.1) is 5.92 Å². The van der Waals surface area contributed by atoms with Crippen LogP contribution in [-0.2, 0) is 4.74 Å². The molecule has 1 aromatic rings. The summed E-state index contributed by atoms with van der Waals surface area (Å²) in [5.74, 6) is 0.504. The number of hydrogen-bond donors (Lipinski definition) is 1. The number of anilines is 2. The third kappa shape index (κ3) is 3.65. The van der Waals surface area contributed by atoms with E-state index in [2.05, 4.69) is 11.8 Å². The van der Waals surface area contributed by atoms with Crippen molar-refractivity contribution in [3.05, 3.63) is 23.8 Å². The highest BCUT2D eigenvalue weighted by atomic mass is 16.5. The van der Waals surface area contributed by atoms with Crippen molar-refractivity contribution in [3.63, 3.8) is 0 Å². The van der Waals surface area contributed by atoms with Gasteiger partial charge in [-0.3, -0.25) is 0 Å². The van der Waals surface area contributed by atoms with Crippen LogP contribution in [-0.4, -0.2) is 25.7 Å².